The number of rotatable bonds is 9. The molecule has 1 fully saturated rings. The summed E-state index contributed by atoms with van der Waals surface area (Å²) in [4.78, 5) is 12.9. The Morgan fingerprint density at radius 1 is 1.21 bits per heavy atom. The van der Waals surface area contributed by atoms with E-state index in [9.17, 15) is 36.8 Å². The first-order chi connectivity index (χ1) is 15.8. The fourth-order valence-corrected chi connectivity index (χ4v) is 5.10. The van der Waals surface area contributed by atoms with Gasteiger partial charge in [0.25, 0.3) is 0 Å². The van der Waals surface area contributed by atoms with E-state index in [1.54, 1.807) is 30.3 Å². The molecule has 2 atom stereocenters. The number of hydrogen-bond donors (Lipinski definition) is 3. The molecular weight excluding hydrogens is 495 g/mol. The van der Waals surface area contributed by atoms with Gasteiger partial charge in [0.2, 0.25) is 5.91 Å². The molecular formula is C22H21ClF3N3O4S. The minimum absolute atomic E-state index is 0.314. The number of phenols is 1. The van der Waals surface area contributed by atoms with E-state index in [0.717, 1.165) is 18.2 Å². The molecule has 1 unspecified atom stereocenters. The number of benzene rings is 2. The van der Waals surface area contributed by atoms with Gasteiger partial charge in [0.05, 0.1) is 22.6 Å². The van der Waals surface area contributed by atoms with E-state index in [1.165, 1.54) is 0 Å². The summed E-state index contributed by atoms with van der Waals surface area (Å²) in [5.74, 6) is -2.89. The summed E-state index contributed by atoms with van der Waals surface area (Å²) in [6.45, 7) is 0. The van der Waals surface area contributed by atoms with Crippen LogP contribution in [-0.4, -0.2) is 42.9 Å². The molecule has 34 heavy (non-hydrogen) atoms. The largest absolute Gasteiger partial charge is 0.506 e. The highest BCUT2D eigenvalue weighted by atomic mass is 35.5. The van der Waals surface area contributed by atoms with Gasteiger partial charge in [-0.1, -0.05) is 48.0 Å². The van der Waals surface area contributed by atoms with Crippen LogP contribution in [0.2, 0.25) is 5.02 Å². The van der Waals surface area contributed by atoms with Crippen molar-refractivity contribution < 1.29 is 31.5 Å². The minimum atomic E-state index is -4.94. The Bertz CT molecular complexity index is 1200. The number of sulfone groups is 1. The highest BCUT2D eigenvalue weighted by Gasteiger charge is 2.48. The average Bonchev–Trinajstić information content (AvgIpc) is 3.52. The van der Waals surface area contributed by atoms with Crippen LogP contribution in [0.15, 0.2) is 48.5 Å². The number of phenolic OH excluding ortho intramolecular Hbond substituents is 1. The molecule has 1 amide bonds. The van der Waals surface area contributed by atoms with Crippen molar-refractivity contribution in [3.05, 3.63) is 64.7 Å². The number of alkyl halides is 3. The molecule has 1 saturated carbocycles. The predicted octanol–water partition coefficient (Wildman–Crippen LogP) is 3.39. The lowest BCUT2D eigenvalue weighted by atomic mass is 10.0. The lowest BCUT2D eigenvalue weighted by Gasteiger charge is -2.28. The van der Waals surface area contributed by atoms with Crippen LogP contribution in [0, 0.1) is 11.3 Å². The Labute approximate surface area is 199 Å². The zero-order chi connectivity index (χ0) is 25.1. The molecule has 3 N–H and O–H groups in total. The quantitative estimate of drug-likeness (QED) is 0.471. The van der Waals surface area contributed by atoms with E-state index in [1.807, 2.05) is 6.07 Å². The Morgan fingerprint density at radius 2 is 1.85 bits per heavy atom. The fourth-order valence-electron chi connectivity index (χ4n) is 3.34. The second-order valence-corrected chi connectivity index (χ2v) is 10.6. The number of hydrogen-bond acceptors (Lipinski definition) is 6. The Balaban J connectivity index is 1.91. The molecule has 3 rings (SSSR count). The third kappa shape index (κ3) is 6.62. The third-order valence-corrected chi connectivity index (χ3v) is 7.21. The molecule has 2 aromatic carbocycles. The summed E-state index contributed by atoms with van der Waals surface area (Å²) in [5.41, 5.74) is -1.22. The van der Waals surface area contributed by atoms with Gasteiger partial charge in [0.1, 0.15) is 23.4 Å². The Hall–Kier alpha value is -2.81. The predicted molar refractivity (Wildman–Crippen MR) is 118 cm³/mol. The maximum atomic E-state index is 14.0. The second-order valence-electron chi connectivity index (χ2n) is 8.13. The van der Waals surface area contributed by atoms with Gasteiger partial charge in [0.15, 0.2) is 9.84 Å². The van der Waals surface area contributed by atoms with E-state index in [4.69, 9.17) is 11.6 Å². The van der Waals surface area contributed by atoms with Crippen molar-refractivity contribution in [3.8, 4) is 11.8 Å². The molecule has 0 saturated heterocycles. The van der Waals surface area contributed by atoms with E-state index in [-0.39, 0.29) is 5.02 Å². The summed E-state index contributed by atoms with van der Waals surface area (Å²) in [6.07, 6.45) is -4.31. The van der Waals surface area contributed by atoms with Crippen molar-refractivity contribution in [3.63, 3.8) is 0 Å². The van der Waals surface area contributed by atoms with Gasteiger partial charge in [0, 0.05) is 0 Å². The summed E-state index contributed by atoms with van der Waals surface area (Å²) in [7, 11) is -4.05. The highest BCUT2D eigenvalue weighted by Crippen LogP contribution is 2.37. The molecule has 0 radical (unpaired) electrons. The first-order valence-corrected chi connectivity index (χ1v) is 12.3. The van der Waals surface area contributed by atoms with Crippen LogP contribution >= 0.6 is 11.6 Å². The normalized spacial score (nSPS) is 16.8. The van der Waals surface area contributed by atoms with Crippen LogP contribution in [0.25, 0.3) is 0 Å². The minimum Gasteiger partial charge on any atom is -0.506 e. The summed E-state index contributed by atoms with van der Waals surface area (Å²) in [5, 5.41) is 22.9. The standard InChI is InChI=1S/C22H21ClF3N3O4S/c23-16-10-15(6-7-18(16)30)19(22(24,25)26)28-17(20(31)29-21(13-27)8-9-21)12-34(32,33)11-14-4-2-1-3-5-14/h1-7,10,17,19,28,30H,8-9,11-12H2,(H,29,31)/t17-,19?/m0/s1. The monoisotopic (exact) mass is 515 g/mol. The fraction of sp³-hybridized carbons (Fsp3) is 0.364. The Kier molecular flexibility index (Phi) is 7.45. The molecule has 2 aromatic rings. The molecule has 182 valence electrons. The lowest BCUT2D eigenvalue weighted by Crippen LogP contribution is -2.54. The number of nitrogens with zero attached hydrogens (tertiary/aromatic N) is 1. The topological polar surface area (TPSA) is 119 Å². The smallest absolute Gasteiger partial charge is 0.407 e. The van der Waals surface area contributed by atoms with Crippen LogP contribution < -0.4 is 10.6 Å². The number of halogens is 4. The van der Waals surface area contributed by atoms with E-state index in [2.05, 4.69) is 10.6 Å². The first kappa shape index (κ1) is 25.8. The van der Waals surface area contributed by atoms with Gasteiger partial charge in [-0.2, -0.15) is 18.4 Å². The number of nitrogens with one attached hydrogen (secondary N) is 2. The van der Waals surface area contributed by atoms with Crippen LogP contribution in [-0.2, 0) is 20.4 Å². The van der Waals surface area contributed by atoms with E-state index >= 15 is 0 Å². The summed E-state index contributed by atoms with van der Waals surface area (Å²) < 4.78 is 67.5. The van der Waals surface area contributed by atoms with Crippen molar-refractivity contribution in [1.29, 1.82) is 5.26 Å². The van der Waals surface area contributed by atoms with Gasteiger partial charge in [-0.25, -0.2) is 8.42 Å². The maximum absolute atomic E-state index is 14.0. The van der Waals surface area contributed by atoms with Crippen LogP contribution in [0.1, 0.15) is 30.0 Å². The van der Waals surface area contributed by atoms with Crippen molar-refractivity contribution in [1.82, 2.24) is 10.6 Å². The molecule has 0 aliphatic heterocycles. The first-order valence-electron chi connectivity index (χ1n) is 10.1. The van der Waals surface area contributed by atoms with Crippen molar-refractivity contribution in [2.75, 3.05) is 5.75 Å². The van der Waals surface area contributed by atoms with Crippen molar-refractivity contribution >= 4 is 27.3 Å². The molecule has 1 aliphatic carbocycles. The molecule has 12 heteroatoms. The molecule has 1 aliphatic rings. The average molecular weight is 516 g/mol. The van der Waals surface area contributed by atoms with E-state index < -0.39 is 62.4 Å². The molecule has 0 bridgehead atoms. The highest BCUT2D eigenvalue weighted by molar-refractivity contribution is 7.90. The summed E-state index contributed by atoms with van der Waals surface area (Å²) in [6, 6.07) is 8.43. The maximum Gasteiger partial charge on any atom is 0.407 e. The third-order valence-electron chi connectivity index (χ3n) is 5.29. The van der Waals surface area contributed by atoms with Gasteiger partial charge >= 0.3 is 6.18 Å². The second kappa shape index (κ2) is 9.82. The van der Waals surface area contributed by atoms with Crippen molar-refractivity contribution in [2.45, 2.75) is 42.4 Å². The van der Waals surface area contributed by atoms with Crippen LogP contribution in [0.5, 0.6) is 5.75 Å². The molecule has 0 heterocycles. The number of nitriles is 1. The zero-order valence-corrected chi connectivity index (χ0v) is 19.2. The molecule has 0 aromatic heterocycles. The van der Waals surface area contributed by atoms with Gasteiger partial charge in [-0.15, -0.1) is 0 Å². The van der Waals surface area contributed by atoms with Gasteiger partial charge in [-0.3, -0.25) is 10.1 Å². The molecule has 7 nitrogen and oxygen atoms in total. The summed E-state index contributed by atoms with van der Waals surface area (Å²) >= 11 is 5.76. The zero-order valence-electron chi connectivity index (χ0n) is 17.6. The number of aromatic hydroxyl groups is 1. The SMILES string of the molecule is N#CC1(NC(=O)[C@H](CS(=O)(=O)Cc2ccccc2)NC(c2ccc(O)c(Cl)c2)C(F)(F)F)CC1. The number of carbonyl (C=O) groups excluding carboxylic acids is 1. The number of amides is 1. The Morgan fingerprint density at radius 3 is 2.38 bits per heavy atom. The lowest BCUT2D eigenvalue weighted by molar-refractivity contribution is -0.160. The van der Waals surface area contributed by atoms with Crippen LogP contribution in [0.4, 0.5) is 13.2 Å². The van der Waals surface area contributed by atoms with E-state index in [0.29, 0.717) is 18.4 Å². The van der Waals surface area contributed by atoms with Gasteiger partial charge < -0.3 is 10.4 Å². The van der Waals surface area contributed by atoms with Crippen LogP contribution in [0.3, 0.4) is 0 Å². The number of carbonyl (C=O) groups is 1. The van der Waals surface area contributed by atoms with Crippen molar-refractivity contribution in [2.24, 2.45) is 0 Å². The molecule has 0 spiro atoms. The van der Waals surface area contributed by atoms with Gasteiger partial charge in [-0.05, 0) is 36.1 Å².